The van der Waals surface area contributed by atoms with Gasteiger partial charge in [-0.1, -0.05) is 54.9 Å². The molecule has 2 saturated heterocycles. The topological polar surface area (TPSA) is 157 Å². The summed E-state index contributed by atoms with van der Waals surface area (Å²) in [5, 5.41) is 10.2. The molecule has 0 saturated carbocycles. The van der Waals surface area contributed by atoms with Gasteiger partial charge in [0.1, 0.15) is 12.1 Å². The number of carbonyl (C=O) groups is 2. The van der Waals surface area contributed by atoms with Gasteiger partial charge in [0.15, 0.2) is 0 Å². The average Bonchev–Trinajstić information content (AvgIpc) is 3.76. The molecule has 18 heteroatoms. The number of hydrogen-bond donors (Lipinski definition) is 4. The van der Waals surface area contributed by atoms with Gasteiger partial charge in [0, 0.05) is 45.3 Å². The van der Waals surface area contributed by atoms with E-state index in [9.17, 15) is 26.4 Å². The molecule has 2 aliphatic heterocycles. The summed E-state index contributed by atoms with van der Waals surface area (Å²) in [5.41, 5.74) is 1.06. The zero-order valence-electron chi connectivity index (χ0n) is 25.5. The second-order valence-corrected chi connectivity index (χ2v) is 17.3. The Kier molecular flexibility index (Phi) is 13.0. The molecular weight excluding hydrogens is 752 g/mol. The quantitative estimate of drug-likeness (QED) is 0.191. The molecule has 264 valence electrons. The van der Waals surface area contributed by atoms with Crippen molar-refractivity contribution in [3.8, 4) is 0 Å². The summed E-state index contributed by atoms with van der Waals surface area (Å²) in [4.78, 5) is 27.0. The molecule has 12 nitrogen and oxygen atoms in total. The molecule has 0 spiro atoms. The number of amides is 2. The van der Waals surface area contributed by atoms with Crippen LogP contribution < -0.4 is 20.1 Å². The van der Waals surface area contributed by atoms with Gasteiger partial charge in [0.25, 0.3) is 20.4 Å². The first-order valence-electron chi connectivity index (χ1n) is 14.4. The van der Waals surface area contributed by atoms with Crippen molar-refractivity contribution in [2.75, 3.05) is 24.7 Å². The number of carbonyl (C=O) groups excluding carboxylic acids is 2. The number of nitrogens with zero attached hydrogens (tertiary/aromatic N) is 2. The normalized spacial score (nSPS) is 23.3. The molecular formula is C31H36Cl2N6O6S4. The molecule has 2 fully saturated rings. The third kappa shape index (κ3) is 9.67. The number of halogens is 2. The largest absolute Gasteiger partial charge is 0.325 e. The van der Waals surface area contributed by atoms with Crippen LogP contribution in [0.15, 0.2) is 83.6 Å². The highest BCUT2D eigenvalue weighted by Gasteiger charge is 2.42. The Balaban J connectivity index is 0.000000216. The molecule has 0 bridgehead atoms. The van der Waals surface area contributed by atoms with E-state index in [2.05, 4.69) is 20.1 Å². The highest BCUT2D eigenvalue weighted by atomic mass is 35.5. The maximum absolute atomic E-state index is 12.6. The first-order chi connectivity index (χ1) is 22.7. The second kappa shape index (κ2) is 16.4. The molecule has 4 N–H and O–H groups in total. The van der Waals surface area contributed by atoms with E-state index in [1.807, 2.05) is 35.0 Å². The maximum atomic E-state index is 12.6. The molecule has 4 aromatic rings. The lowest BCUT2D eigenvalue weighted by molar-refractivity contribution is -0.120. The lowest BCUT2D eigenvalue weighted by Gasteiger charge is -2.35. The Morgan fingerprint density at radius 1 is 0.694 bits per heavy atom. The van der Waals surface area contributed by atoms with Crippen molar-refractivity contribution in [3.63, 3.8) is 0 Å². The van der Waals surface area contributed by atoms with Crippen LogP contribution in [-0.4, -0.2) is 63.4 Å². The number of anilines is 2. The minimum atomic E-state index is -3.73. The third-order valence-electron chi connectivity index (χ3n) is 7.70. The van der Waals surface area contributed by atoms with E-state index in [1.54, 1.807) is 48.5 Å². The van der Waals surface area contributed by atoms with Gasteiger partial charge < -0.3 is 10.6 Å². The summed E-state index contributed by atoms with van der Waals surface area (Å²) in [6.07, 6.45) is 0.700. The molecule has 2 aromatic heterocycles. The predicted molar refractivity (Wildman–Crippen MR) is 197 cm³/mol. The number of benzene rings is 2. The van der Waals surface area contributed by atoms with Crippen LogP contribution in [0, 0.1) is 0 Å². The number of rotatable bonds is 6. The summed E-state index contributed by atoms with van der Waals surface area (Å²) >= 11 is 14.7. The summed E-state index contributed by atoms with van der Waals surface area (Å²) in [5.74, 6) is -0.766. The lowest BCUT2D eigenvalue weighted by atomic mass is 10.1. The molecule has 2 amide bonds. The van der Waals surface area contributed by atoms with Crippen molar-refractivity contribution in [2.24, 2.45) is 0 Å². The van der Waals surface area contributed by atoms with E-state index in [-0.39, 0.29) is 19.2 Å². The van der Waals surface area contributed by atoms with Crippen LogP contribution in [0.3, 0.4) is 0 Å². The first kappa shape index (κ1) is 38.9. The second-order valence-electron chi connectivity index (χ2n) is 10.9. The number of thiophene rings is 2. The van der Waals surface area contributed by atoms with Crippen molar-refractivity contribution in [3.05, 3.63) is 103 Å². The molecule has 2 unspecified atom stereocenters. The molecule has 4 atom stereocenters. The molecule has 4 heterocycles. The Morgan fingerprint density at radius 2 is 1.08 bits per heavy atom. The van der Waals surface area contributed by atoms with Crippen molar-refractivity contribution in [1.29, 1.82) is 0 Å². The van der Waals surface area contributed by atoms with Crippen LogP contribution in [0.2, 0.25) is 10.0 Å². The van der Waals surface area contributed by atoms with E-state index >= 15 is 0 Å². The highest BCUT2D eigenvalue weighted by molar-refractivity contribution is 7.87. The van der Waals surface area contributed by atoms with Gasteiger partial charge in [-0.05, 0) is 72.1 Å². The fourth-order valence-corrected chi connectivity index (χ4v) is 9.80. The van der Waals surface area contributed by atoms with Crippen LogP contribution in [-0.2, 0) is 30.0 Å². The number of nitrogens with one attached hydrogen (secondary N) is 4. The van der Waals surface area contributed by atoms with Crippen molar-refractivity contribution in [2.45, 2.75) is 44.4 Å². The summed E-state index contributed by atoms with van der Waals surface area (Å²) in [6.45, 7) is 0. The van der Waals surface area contributed by atoms with Crippen LogP contribution in [0.25, 0.3) is 0 Å². The molecule has 0 aliphatic carbocycles. The van der Waals surface area contributed by atoms with Crippen LogP contribution in [0.4, 0.5) is 11.4 Å². The van der Waals surface area contributed by atoms with Gasteiger partial charge in [-0.3, -0.25) is 9.59 Å². The van der Waals surface area contributed by atoms with Crippen molar-refractivity contribution >= 4 is 89.5 Å². The molecule has 0 radical (unpaired) electrons. The van der Waals surface area contributed by atoms with E-state index < -0.39 is 44.6 Å². The standard InChI is InChI=1S/2C15H16ClN3O3S2.CH4/c2*1-19-13(15(20)17-11-5-2-4-10(16)8-11)9-12(18-24(19,21)22)14-6-3-7-23-14;/h2*2-8,12-13,18H,9H2,1H3,(H,17,20);1H4/t12-,13+;;/m1../s1. The fraction of sp³-hybridized carbons (Fsp3) is 0.290. The zero-order valence-corrected chi connectivity index (χ0v) is 30.3. The van der Waals surface area contributed by atoms with Gasteiger partial charge in [-0.2, -0.15) is 34.9 Å². The molecule has 2 aliphatic rings. The Bertz CT molecular complexity index is 1820. The van der Waals surface area contributed by atoms with Crippen LogP contribution >= 0.6 is 45.9 Å². The number of likely N-dealkylation sites (N-methyl/N-ethyl adjacent to an activating group) is 2. The van der Waals surface area contributed by atoms with Crippen molar-refractivity contribution in [1.82, 2.24) is 18.1 Å². The first-order valence-corrected chi connectivity index (χ1v) is 19.8. The number of hydrogen-bond acceptors (Lipinski definition) is 8. The maximum Gasteiger partial charge on any atom is 0.280 e. The van der Waals surface area contributed by atoms with Gasteiger partial charge in [-0.25, -0.2) is 0 Å². The van der Waals surface area contributed by atoms with E-state index in [0.717, 1.165) is 18.4 Å². The van der Waals surface area contributed by atoms with E-state index in [1.165, 1.54) is 36.8 Å². The summed E-state index contributed by atoms with van der Waals surface area (Å²) in [6, 6.07) is 18.5. The van der Waals surface area contributed by atoms with Gasteiger partial charge in [0.05, 0.1) is 12.1 Å². The van der Waals surface area contributed by atoms with E-state index in [4.69, 9.17) is 23.2 Å². The SMILES string of the molecule is C.CN1C(C(=O)Nc2cccc(Cl)c2)CC(c2cccs2)NS1(=O)=O.CN1[C@H](C(=O)Nc2cccc(Cl)c2)C[C@H](c2cccs2)NS1(=O)=O. The summed E-state index contributed by atoms with van der Waals surface area (Å²) < 4.78 is 56.7. The molecule has 49 heavy (non-hydrogen) atoms. The average molecular weight is 788 g/mol. The van der Waals surface area contributed by atoms with Crippen LogP contribution in [0.5, 0.6) is 0 Å². The van der Waals surface area contributed by atoms with Gasteiger partial charge in [-0.15, -0.1) is 22.7 Å². The predicted octanol–water partition coefficient (Wildman–Crippen LogP) is 5.88. The zero-order chi connectivity index (χ0) is 34.6. The Hall–Kier alpha value is -2.90. The fourth-order valence-electron chi connectivity index (χ4n) is 5.16. The lowest BCUT2D eigenvalue weighted by Crippen LogP contribution is -2.55. The monoisotopic (exact) mass is 786 g/mol. The third-order valence-corrected chi connectivity index (χ3v) is 13.3. The molecule has 2 aromatic carbocycles. The minimum absolute atomic E-state index is 0. The minimum Gasteiger partial charge on any atom is -0.325 e. The van der Waals surface area contributed by atoms with Crippen LogP contribution in [0.1, 0.15) is 42.1 Å². The Labute approximate surface area is 304 Å². The summed E-state index contributed by atoms with van der Waals surface area (Å²) in [7, 11) is -4.66. The van der Waals surface area contributed by atoms with Crippen molar-refractivity contribution < 1.29 is 26.4 Å². The smallest absolute Gasteiger partial charge is 0.280 e. The highest BCUT2D eigenvalue weighted by Crippen LogP contribution is 2.32. The molecule has 6 rings (SSSR count). The van der Waals surface area contributed by atoms with Gasteiger partial charge >= 0.3 is 0 Å². The van der Waals surface area contributed by atoms with E-state index in [0.29, 0.717) is 34.3 Å². The Morgan fingerprint density at radius 3 is 1.41 bits per heavy atom. The van der Waals surface area contributed by atoms with Gasteiger partial charge in [0.2, 0.25) is 11.8 Å².